The molecule has 0 radical (unpaired) electrons. The summed E-state index contributed by atoms with van der Waals surface area (Å²) in [6.07, 6.45) is 6.19. The number of nitrogens with zero attached hydrogens (tertiary/aromatic N) is 2. The number of rotatable bonds is 6. The first kappa shape index (κ1) is 22.5. The molecule has 2 unspecified atom stereocenters. The molecule has 0 aliphatic carbocycles. The van der Waals surface area contributed by atoms with Crippen molar-refractivity contribution in [2.75, 3.05) is 44.7 Å². The minimum Gasteiger partial charge on any atom is -0.468 e. The SMILES string of the molecule is CN=C(NCC1CCS(=O)(=O)C1)NCC(c1ccco1)N1CCCCC1.I. The van der Waals surface area contributed by atoms with Gasteiger partial charge in [0, 0.05) is 20.1 Å². The van der Waals surface area contributed by atoms with Crippen LogP contribution in [0.25, 0.3) is 0 Å². The quantitative estimate of drug-likeness (QED) is 0.346. The number of aliphatic imine (C=N–C) groups is 1. The van der Waals surface area contributed by atoms with E-state index in [9.17, 15) is 8.42 Å². The number of nitrogens with one attached hydrogen (secondary N) is 2. The molecule has 2 aliphatic heterocycles. The Kier molecular flexibility index (Phi) is 8.87. The molecule has 9 heteroatoms. The van der Waals surface area contributed by atoms with Gasteiger partial charge in [0.1, 0.15) is 5.76 Å². The third-order valence-corrected chi connectivity index (χ3v) is 7.11. The highest BCUT2D eigenvalue weighted by Crippen LogP contribution is 2.24. The Bertz CT molecular complexity index is 687. The van der Waals surface area contributed by atoms with Crippen LogP contribution in [0.3, 0.4) is 0 Å². The van der Waals surface area contributed by atoms with Gasteiger partial charge >= 0.3 is 0 Å². The Labute approximate surface area is 179 Å². The monoisotopic (exact) mass is 510 g/mol. The maximum atomic E-state index is 11.6. The van der Waals surface area contributed by atoms with E-state index in [1.54, 1.807) is 13.3 Å². The van der Waals surface area contributed by atoms with E-state index in [1.807, 2.05) is 12.1 Å². The van der Waals surface area contributed by atoms with Crippen molar-refractivity contribution in [1.29, 1.82) is 0 Å². The second kappa shape index (κ2) is 10.7. The normalized spacial score (nSPS) is 24.2. The van der Waals surface area contributed by atoms with Crippen LogP contribution in [0.15, 0.2) is 27.8 Å². The van der Waals surface area contributed by atoms with E-state index >= 15 is 0 Å². The molecule has 0 aromatic carbocycles. The van der Waals surface area contributed by atoms with E-state index in [2.05, 4.69) is 20.5 Å². The lowest BCUT2D eigenvalue weighted by molar-refractivity contribution is 0.146. The van der Waals surface area contributed by atoms with Crippen LogP contribution < -0.4 is 10.6 Å². The van der Waals surface area contributed by atoms with Gasteiger partial charge in [-0.1, -0.05) is 6.42 Å². The van der Waals surface area contributed by atoms with Crippen molar-refractivity contribution in [2.45, 2.75) is 31.7 Å². The van der Waals surface area contributed by atoms with Gasteiger partial charge in [-0.2, -0.15) is 0 Å². The van der Waals surface area contributed by atoms with Crippen molar-refractivity contribution in [3.63, 3.8) is 0 Å². The second-order valence-electron chi connectivity index (χ2n) is 7.23. The molecule has 1 aromatic rings. The molecular formula is C18H31IN4O3S. The molecule has 2 saturated heterocycles. The largest absolute Gasteiger partial charge is 0.468 e. The molecule has 0 amide bonds. The molecule has 2 atom stereocenters. The van der Waals surface area contributed by atoms with E-state index in [0.717, 1.165) is 25.3 Å². The molecule has 3 heterocycles. The predicted octanol–water partition coefficient (Wildman–Crippen LogP) is 2.02. The highest BCUT2D eigenvalue weighted by molar-refractivity contribution is 14.0. The molecule has 0 saturated carbocycles. The summed E-state index contributed by atoms with van der Waals surface area (Å²) in [5.74, 6) is 2.43. The van der Waals surface area contributed by atoms with Crippen molar-refractivity contribution in [2.24, 2.45) is 10.9 Å². The van der Waals surface area contributed by atoms with E-state index in [-0.39, 0.29) is 41.7 Å². The number of sulfone groups is 1. The molecular weight excluding hydrogens is 479 g/mol. The molecule has 3 rings (SSSR count). The smallest absolute Gasteiger partial charge is 0.191 e. The fourth-order valence-corrected chi connectivity index (χ4v) is 5.67. The summed E-state index contributed by atoms with van der Waals surface area (Å²) >= 11 is 0. The summed E-state index contributed by atoms with van der Waals surface area (Å²) in [6.45, 7) is 3.50. The van der Waals surface area contributed by atoms with Gasteiger partial charge in [0.15, 0.2) is 15.8 Å². The number of piperidine rings is 1. The Morgan fingerprint density at radius 2 is 2.11 bits per heavy atom. The van der Waals surface area contributed by atoms with Crippen LogP contribution in [0.4, 0.5) is 0 Å². The number of furan rings is 1. The van der Waals surface area contributed by atoms with Crippen molar-refractivity contribution >= 4 is 39.8 Å². The molecule has 0 spiro atoms. The number of hydrogen-bond donors (Lipinski definition) is 2. The Morgan fingerprint density at radius 1 is 1.33 bits per heavy atom. The van der Waals surface area contributed by atoms with Gasteiger partial charge in [-0.3, -0.25) is 9.89 Å². The Hall–Kier alpha value is -0.810. The van der Waals surface area contributed by atoms with E-state index in [0.29, 0.717) is 24.8 Å². The Balaban J connectivity index is 0.00000261. The maximum Gasteiger partial charge on any atom is 0.191 e. The van der Waals surface area contributed by atoms with Crippen LogP contribution >= 0.6 is 24.0 Å². The minimum absolute atomic E-state index is 0. The summed E-state index contributed by atoms with van der Waals surface area (Å²) in [6, 6.07) is 4.14. The lowest BCUT2D eigenvalue weighted by Crippen LogP contribution is -2.45. The molecule has 2 aliphatic rings. The zero-order valence-corrected chi connectivity index (χ0v) is 19.0. The third kappa shape index (κ3) is 6.63. The maximum absolute atomic E-state index is 11.6. The summed E-state index contributed by atoms with van der Waals surface area (Å²) in [7, 11) is -1.10. The van der Waals surface area contributed by atoms with Crippen LogP contribution in [-0.2, 0) is 9.84 Å². The molecule has 27 heavy (non-hydrogen) atoms. The van der Waals surface area contributed by atoms with Crippen molar-refractivity contribution < 1.29 is 12.8 Å². The second-order valence-corrected chi connectivity index (χ2v) is 9.46. The van der Waals surface area contributed by atoms with Crippen LogP contribution in [-0.4, -0.2) is 64.0 Å². The van der Waals surface area contributed by atoms with E-state index < -0.39 is 9.84 Å². The standard InChI is InChI=1S/C18H30N4O3S.HI/c1-19-18(20-12-15-7-11-26(23,24)14-15)21-13-16(17-6-5-10-25-17)22-8-3-2-4-9-22;/h5-6,10,15-16H,2-4,7-9,11-14H2,1H3,(H2,19,20,21);1H. The van der Waals surface area contributed by atoms with Gasteiger partial charge in [0.25, 0.3) is 0 Å². The highest BCUT2D eigenvalue weighted by atomic mass is 127. The minimum atomic E-state index is -2.84. The number of hydrogen-bond acceptors (Lipinski definition) is 5. The van der Waals surface area contributed by atoms with Gasteiger partial charge in [-0.05, 0) is 50.4 Å². The Morgan fingerprint density at radius 3 is 2.70 bits per heavy atom. The van der Waals surface area contributed by atoms with Gasteiger partial charge in [-0.25, -0.2) is 8.42 Å². The van der Waals surface area contributed by atoms with Gasteiger partial charge in [-0.15, -0.1) is 24.0 Å². The van der Waals surface area contributed by atoms with Crippen molar-refractivity contribution in [1.82, 2.24) is 15.5 Å². The van der Waals surface area contributed by atoms with Crippen LogP contribution in [0.1, 0.15) is 37.5 Å². The first-order valence-electron chi connectivity index (χ1n) is 9.50. The van der Waals surface area contributed by atoms with Crippen molar-refractivity contribution in [3.8, 4) is 0 Å². The first-order chi connectivity index (χ1) is 12.6. The van der Waals surface area contributed by atoms with Crippen LogP contribution in [0.5, 0.6) is 0 Å². The molecule has 7 nitrogen and oxygen atoms in total. The fourth-order valence-electron chi connectivity index (χ4n) is 3.81. The number of halogens is 1. The average molecular weight is 510 g/mol. The van der Waals surface area contributed by atoms with Crippen LogP contribution in [0.2, 0.25) is 0 Å². The van der Waals surface area contributed by atoms with E-state index in [1.165, 1.54) is 19.3 Å². The van der Waals surface area contributed by atoms with Gasteiger partial charge in [0.05, 0.1) is 23.8 Å². The summed E-state index contributed by atoms with van der Waals surface area (Å²) in [5, 5.41) is 6.67. The lowest BCUT2D eigenvalue weighted by atomic mass is 10.1. The fraction of sp³-hybridized carbons (Fsp3) is 0.722. The van der Waals surface area contributed by atoms with Gasteiger partial charge in [0.2, 0.25) is 0 Å². The molecule has 154 valence electrons. The zero-order chi connectivity index (χ0) is 18.4. The predicted molar refractivity (Wildman–Crippen MR) is 118 cm³/mol. The van der Waals surface area contributed by atoms with Gasteiger partial charge < -0.3 is 15.1 Å². The number of likely N-dealkylation sites (tertiary alicyclic amines) is 1. The molecule has 1 aromatic heterocycles. The summed E-state index contributed by atoms with van der Waals surface area (Å²) in [4.78, 5) is 6.74. The van der Waals surface area contributed by atoms with E-state index in [4.69, 9.17) is 4.42 Å². The zero-order valence-electron chi connectivity index (χ0n) is 15.9. The summed E-state index contributed by atoms with van der Waals surface area (Å²) < 4.78 is 28.8. The highest BCUT2D eigenvalue weighted by Gasteiger charge is 2.28. The lowest BCUT2D eigenvalue weighted by Gasteiger charge is -2.33. The first-order valence-corrected chi connectivity index (χ1v) is 11.3. The number of guanidine groups is 1. The van der Waals surface area contributed by atoms with Crippen LogP contribution in [0, 0.1) is 5.92 Å². The summed E-state index contributed by atoms with van der Waals surface area (Å²) in [5.41, 5.74) is 0. The molecule has 2 fully saturated rings. The molecule has 2 N–H and O–H groups in total. The third-order valence-electron chi connectivity index (χ3n) is 5.27. The van der Waals surface area contributed by atoms with Crippen molar-refractivity contribution in [3.05, 3.63) is 24.2 Å². The average Bonchev–Trinajstić information content (AvgIpc) is 3.28. The topological polar surface area (TPSA) is 86.9 Å². The molecule has 0 bridgehead atoms.